The molecule has 3 rings (SSSR count). The van der Waals surface area contributed by atoms with Crippen molar-refractivity contribution >= 4 is 27.1 Å². The molecule has 0 aromatic heterocycles. The first-order chi connectivity index (χ1) is 12.4. The number of nitrogens with zero attached hydrogens (tertiary/aromatic N) is 1. The minimum absolute atomic E-state index is 0.0877. The molecule has 1 aliphatic heterocycles. The Labute approximate surface area is 153 Å². The summed E-state index contributed by atoms with van der Waals surface area (Å²) in [5.74, 6) is -0.243. The average molecular weight is 374 g/mol. The van der Waals surface area contributed by atoms with Gasteiger partial charge in [0.05, 0.1) is 17.3 Å². The van der Waals surface area contributed by atoms with Gasteiger partial charge >= 0.3 is 0 Å². The summed E-state index contributed by atoms with van der Waals surface area (Å²) < 4.78 is 29.2. The number of sulfone groups is 1. The van der Waals surface area contributed by atoms with Crippen LogP contribution in [0.3, 0.4) is 0 Å². The van der Waals surface area contributed by atoms with Crippen LogP contribution in [0.25, 0.3) is 0 Å². The Hall–Kier alpha value is -2.38. The fourth-order valence-electron chi connectivity index (χ4n) is 3.13. The predicted molar refractivity (Wildman–Crippen MR) is 101 cm³/mol. The van der Waals surface area contributed by atoms with Crippen LogP contribution in [0.5, 0.6) is 0 Å². The molecule has 0 aliphatic carbocycles. The molecule has 138 valence electrons. The van der Waals surface area contributed by atoms with Crippen molar-refractivity contribution in [2.45, 2.75) is 17.7 Å². The number of hydrogen-bond acceptors (Lipinski definition) is 5. The van der Waals surface area contributed by atoms with E-state index in [2.05, 4.69) is 0 Å². The van der Waals surface area contributed by atoms with Gasteiger partial charge in [-0.2, -0.15) is 0 Å². The van der Waals surface area contributed by atoms with Crippen LogP contribution in [0.15, 0.2) is 47.4 Å². The van der Waals surface area contributed by atoms with Crippen LogP contribution in [0, 0.1) is 0 Å². The van der Waals surface area contributed by atoms with Crippen molar-refractivity contribution in [1.29, 1.82) is 0 Å². The maximum absolute atomic E-state index is 12.9. The van der Waals surface area contributed by atoms with Crippen LogP contribution in [0.2, 0.25) is 0 Å². The summed E-state index contributed by atoms with van der Waals surface area (Å²) in [4.78, 5) is 14.8. The van der Waals surface area contributed by atoms with E-state index in [1.807, 2.05) is 18.2 Å². The van der Waals surface area contributed by atoms with E-state index < -0.39 is 9.84 Å². The van der Waals surface area contributed by atoms with E-state index in [-0.39, 0.29) is 23.2 Å². The van der Waals surface area contributed by atoms with Crippen molar-refractivity contribution in [3.8, 4) is 0 Å². The van der Waals surface area contributed by atoms with Gasteiger partial charge in [-0.1, -0.05) is 6.07 Å². The molecule has 0 fully saturated rings. The van der Waals surface area contributed by atoms with E-state index in [4.69, 9.17) is 10.5 Å². The molecule has 6 nitrogen and oxygen atoms in total. The van der Waals surface area contributed by atoms with E-state index in [0.717, 1.165) is 24.1 Å². The molecule has 0 unspecified atom stereocenters. The summed E-state index contributed by atoms with van der Waals surface area (Å²) in [5.41, 5.74) is 9.00. The van der Waals surface area contributed by atoms with E-state index in [9.17, 15) is 13.2 Å². The molecule has 0 saturated heterocycles. The normalized spacial score (nSPS) is 14.1. The maximum Gasteiger partial charge on any atom is 0.258 e. The van der Waals surface area contributed by atoms with Gasteiger partial charge in [-0.15, -0.1) is 0 Å². The SMILES string of the molecule is COCCS(=O)(=O)c1ccc(C(=O)N2CCCc3c(N)cccc32)cc1. The Morgan fingerprint density at radius 1 is 1.19 bits per heavy atom. The zero-order chi connectivity index (χ0) is 18.7. The molecule has 2 aromatic rings. The van der Waals surface area contributed by atoms with E-state index in [0.29, 0.717) is 17.8 Å². The quantitative estimate of drug-likeness (QED) is 0.811. The Bertz CT molecular complexity index is 908. The summed E-state index contributed by atoms with van der Waals surface area (Å²) >= 11 is 0. The van der Waals surface area contributed by atoms with Gasteiger partial charge < -0.3 is 15.4 Å². The monoisotopic (exact) mass is 374 g/mol. The topological polar surface area (TPSA) is 89.7 Å². The lowest BCUT2D eigenvalue weighted by Gasteiger charge is -2.30. The van der Waals surface area contributed by atoms with Crippen LogP contribution in [-0.4, -0.2) is 40.3 Å². The van der Waals surface area contributed by atoms with Gasteiger partial charge in [0.25, 0.3) is 5.91 Å². The second kappa shape index (κ2) is 7.47. The van der Waals surface area contributed by atoms with E-state index in [1.165, 1.54) is 19.2 Å². The van der Waals surface area contributed by atoms with Crippen LogP contribution in [0.1, 0.15) is 22.3 Å². The van der Waals surface area contributed by atoms with Crippen molar-refractivity contribution in [3.05, 3.63) is 53.6 Å². The van der Waals surface area contributed by atoms with Crippen molar-refractivity contribution < 1.29 is 17.9 Å². The second-order valence-corrected chi connectivity index (χ2v) is 8.35. The highest BCUT2D eigenvalue weighted by molar-refractivity contribution is 7.91. The third-order valence-corrected chi connectivity index (χ3v) is 6.24. The highest BCUT2D eigenvalue weighted by Crippen LogP contribution is 2.32. The highest BCUT2D eigenvalue weighted by Gasteiger charge is 2.25. The average Bonchev–Trinajstić information content (AvgIpc) is 2.66. The Morgan fingerprint density at radius 3 is 2.62 bits per heavy atom. The lowest BCUT2D eigenvalue weighted by Crippen LogP contribution is -2.35. The number of nitrogen functional groups attached to an aromatic ring is 1. The van der Waals surface area contributed by atoms with Crippen molar-refractivity contribution in [3.63, 3.8) is 0 Å². The maximum atomic E-state index is 12.9. The van der Waals surface area contributed by atoms with Crippen LogP contribution in [-0.2, 0) is 21.0 Å². The summed E-state index contributed by atoms with van der Waals surface area (Å²) in [7, 11) is -1.95. The van der Waals surface area contributed by atoms with Gasteiger partial charge in [-0.25, -0.2) is 8.42 Å². The summed E-state index contributed by atoms with van der Waals surface area (Å²) in [6.45, 7) is 0.748. The molecule has 0 atom stereocenters. The number of rotatable bonds is 5. The molecule has 2 N–H and O–H groups in total. The van der Waals surface area contributed by atoms with E-state index >= 15 is 0 Å². The molecular formula is C19H22N2O4S. The number of benzene rings is 2. The molecule has 1 heterocycles. The summed E-state index contributed by atoms with van der Waals surface area (Å²) in [6.07, 6.45) is 1.69. The van der Waals surface area contributed by atoms with Crippen LogP contribution in [0.4, 0.5) is 11.4 Å². The number of nitrogens with two attached hydrogens (primary N) is 1. The molecule has 0 radical (unpaired) electrons. The molecule has 26 heavy (non-hydrogen) atoms. The van der Waals surface area contributed by atoms with Crippen molar-refractivity contribution in [2.24, 2.45) is 0 Å². The number of ether oxygens (including phenoxy) is 1. The Balaban J connectivity index is 1.85. The first-order valence-electron chi connectivity index (χ1n) is 8.45. The van der Waals surface area contributed by atoms with Crippen molar-refractivity contribution in [1.82, 2.24) is 0 Å². The molecular weight excluding hydrogens is 352 g/mol. The smallest absolute Gasteiger partial charge is 0.258 e. The molecule has 1 amide bonds. The van der Waals surface area contributed by atoms with Crippen LogP contribution < -0.4 is 10.6 Å². The molecule has 7 heteroatoms. The Morgan fingerprint density at radius 2 is 1.92 bits per heavy atom. The molecule has 1 aliphatic rings. The first-order valence-corrected chi connectivity index (χ1v) is 10.1. The minimum Gasteiger partial charge on any atom is -0.398 e. The molecule has 0 spiro atoms. The highest BCUT2D eigenvalue weighted by atomic mass is 32.2. The fraction of sp³-hybridized carbons (Fsp3) is 0.316. The van der Waals surface area contributed by atoms with Gasteiger partial charge in [-0.3, -0.25) is 4.79 Å². The third-order valence-electron chi connectivity index (χ3n) is 4.55. The standard InChI is InChI=1S/C19H22N2O4S/c1-25-12-13-26(23,24)15-9-7-14(8-10-15)19(22)21-11-3-4-16-17(20)5-2-6-18(16)21/h2,5-10H,3-4,11-13,20H2,1H3. The lowest BCUT2D eigenvalue weighted by atomic mass is 9.99. The number of hydrogen-bond donors (Lipinski definition) is 1. The molecule has 0 bridgehead atoms. The molecule has 2 aromatic carbocycles. The summed E-state index contributed by atoms with van der Waals surface area (Å²) in [6, 6.07) is 11.6. The predicted octanol–water partition coefficient (Wildman–Crippen LogP) is 2.28. The lowest BCUT2D eigenvalue weighted by molar-refractivity contribution is 0.0985. The third kappa shape index (κ3) is 3.59. The summed E-state index contributed by atoms with van der Waals surface area (Å²) in [5, 5.41) is 0. The second-order valence-electron chi connectivity index (χ2n) is 6.24. The fourth-order valence-corrected chi connectivity index (χ4v) is 4.31. The largest absolute Gasteiger partial charge is 0.398 e. The minimum atomic E-state index is -3.41. The zero-order valence-electron chi connectivity index (χ0n) is 14.6. The molecule has 0 saturated carbocycles. The number of fused-ring (bicyclic) bond motifs is 1. The van der Waals surface area contributed by atoms with Gasteiger partial charge in [0.15, 0.2) is 9.84 Å². The van der Waals surface area contributed by atoms with E-state index in [1.54, 1.807) is 17.0 Å². The van der Waals surface area contributed by atoms with Crippen LogP contribution >= 0.6 is 0 Å². The first kappa shape index (κ1) is 18.4. The van der Waals surface area contributed by atoms with Gasteiger partial charge in [0.2, 0.25) is 0 Å². The van der Waals surface area contributed by atoms with Gasteiger partial charge in [0.1, 0.15) is 0 Å². The number of amides is 1. The van der Waals surface area contributed by atoms with Gasteiger partial charge in [-0.05, 0) is 54.8 Å². The van der Waals surface area contributed by atoms with Crippen molar-refractivity contribution in [2.75, 3.05) is 36.6 Å². The number of carbonyl (C=O) groups excluding carboxylic acids is 1. The van der Waals surface area contributed by atoms with Gasteiger partial charge in [0, 0.05) is 30.6 Å². The zero-order valence-corrected chi connectivity index (χ0v) is 15.5. The number of anilines is 2. The number of carbonyl (C=O) groups is 1. The Kier molecular flexibility index (Phi) is 5.29. The number of methoxy groups -OCH3 is 1.